The van der Waals surface area contributed by atoms with E-state index in [2.05, 4.69) is 16.0 Å². The van der Waals surface area contributed by atoms with Crippen LogP contribution in [0.2, 0.25) is 0 Å². The number of carbonyl (C=O) groups excluding carboxylic acids is 1. The summed E-state index contributed by atoms with van der Waals surface area (Å²) in [4.78, 5) is 17.8. The van der Waals surface area contributed by atoms with Crippen LogP contribution in [0.15, 0.2) is 18.3 Å². The minimum Gasteiger partial charge on any atom is -0.377 e. The molecule has 2 N–H and O–H groups in total. The summed E-state index contributed by atoms with van der Waals surface area (Å²) in [5, 5.41) is 0. The molecule has 0 unspecified atom stereocenters. The van der Waals surface area contributed by atoms with Crippen molar-refractivity contribution in [1.82, 2.24) is 9.88 Å². The molecule has 1 aromatic rings. The molecule has 1 fully saturated rings. The fraction of sp³-hybridized carbons (Fsp3) is 0.625. The molecule has 0 aliphatic carbocycles. The van der Waals surface area contributed by atoms with Crippen LogP contribution in [0.1, 0.15) is 36.9 Å². The lowest BCUT2D eigenvalue weighted by Gasteiger charge is -2.42. The van der Waals surface area contributed by atoms with Gasteiger partial charge in [-0.25, -0.2) is 0 Å². The summed E-state index contributed by atoms with van der Waals surface area (Å²) in [6, 6.07) is 4.16. The van der Waals surface area contributed by atoms with Gasteiger partial charge in [-0.3, -0.25) is 14.7 Å². The monoisotopic (exact) mass is 291 g/mol. The van der Waals surface area contributed by atoms with Gasteiger partial charge in [0.05, 0.1) is 5.60 Å². The fourth-order valence-electron chi connectivity index (χ4n) is 3.00. The van der Waals surface area contributed by atoms with E-state index in [-0.39, 0.29) is 11.5 Å². The number of methoxy groups -OCH3 is 1. The second-order valence-corrected chi connectivity index (χ2v) is 5.98. The van der Waals surface area contributed by atoms with Crippen molar-refractivity contribution in [3.05, 3.63) is 29.6 Å². The van der Waals surface area contributed by atoms with Crippen molar-refractivity contribution in [3.63, 3.8) is 0 Å². The highest BCUT2D eigenvalue weighted by Gasteiger charge is 2.35. The first-order chi connectivity index (χ1) is 10.0. The van der Waals surface area contributed by atoms with Gasteiger partial charge in [0, 0.05) is 38.5 Å². The number of nitrogens with two attached hydrogens (primary N) is 1. The highest BCUT2D eigenvalue weighted by Crippen LogP contribution is 2.29. The molecule has 0 saturated carbocycles. The first-order valence-corrected chi connectivity index (χ1v) is 7.50. The van der Waals surface area contributed by atoms with Crippen molar-refractivity contribution in [2.24, 2.45) is 5.73 Å². The number of ether oxygens (including phenoxy) is 1. The van der Waals surface area contributed by atoms with E-state index >= 15 is 0 Å². The van der Waals surface area contributed by atoms with Crippen molar-refractivity contribution in [3.8, 4) is 0 Å². The number of hydrogen-bond acceptors (Lipinski definition) is 4. The number of rotatable bonds is 6. The normalized spacial score (nSPS) is 23.1. The van der Waals surface area contributed by atoms with E-state index in [0.29, 0.717) is 12.8 Å². The summed E-state index contributed by atoms with van der Waals surface area (Å²) in [7, 11) is 1.73. The number of likely N-dealkylation sites (tertiary alicyclic amines) is 1. The molecule has 5 nitrogen and oxygen atoms in total. The minimum absolute atomic E-state index is 0.245. The van der Waals surface area contributed by atoms with E-state index < -0.39 is 0 Å². The third kappa shape index (κ3) is 4.51. The fourth-order valence-corrected chi connectivity index (χ4v) is 3.00. The number of piperidine rings is 1. The quantitative estimate of drug-likeness (QED) is 0.865. The first kappa shape index (κ1) is 15.9. The Balaban J connectivity index is 1.98. The summed E-state index contributed by atoms with van der Waals surface area (Å²) in [5.41, 5.74) is 7.28. The van der Waals surface area contributed by atoms with Crippen LogP contribution in [0.3, 0.4) is 0 Å². The van der Waals surface area contributed by atoms with Crippen LogP contribution in [0.4, 0.5) is 0 Å². The third-order valence-corrected chi connectivity index (χ3v) is 4.26. The van der Waals surface area contributed by atoms with Crippen LogP contribution in [-0.2, 0) is 16.1 Å². The number of amides is 1. The van der Waals surface area contributed by atoms with Gasteiger partial charge in [-0.2, -0.15) is 0 Å². The lowest BCUT2D eigenvalue weighted by Crippen LogP contribution is -2.49. The average molecular weight is 291 g/mol. The maximum atomic E-state index is 11.0. The van der Waals surface area contributed by atoms with Gasteiger partial charge in [-0.05, 0) is 44.4 Å². The van der Waals surface area contributed by atoms with E-state index in [1.165, 1.54) is 5.56 Å². The molecule has 0 aromatic carbocycles. The van der Waals surface area contributed by atoms with Gasteiger partial charge in [-0.1, -0.05) is 6.07 Å². The molecule has 0 radical (unpaired) electrons. The summed E-state index contributed by atoms with van der Waals surface area (Å²) < 4.78 is 5.75. The predicted octanol–water partition coefficient (Wildman–Crippen LogP) is 1.64. The Labute approximate surface area is 126 Å². The molecule has 5 heteroatoms. The maximum absolute atomic E-state index is 11.0. The van der Waals surface area contributed by atoms with Gasteiger partial charge < -0.3 is 10.5 Å². The van der Waals surface area contributed by atoms with Gasteiger partial charge in [0.15, 0.2) is 0 Å². The molecule has 21 heavy (non-hydrogen) atoms. The van der Waals surface area contributed by atoms with Crippen LogP contribution >= 0.6 is 0 Å². The summed E-state index contributed by atoms with van der Waals surface area (Å²) in [6.45, 7) is 4.75. The Kier molecular flexibility index (Phi) is 5.31. The highest BCUT2D eigenvalue weighted by atomic mass is 16.5. The molecule has 1 atom stereocenters. The van der Waals surface area contributed by atoms with Crippen LogP contribution in [-0.4, -0.2) is 41.6 Å². The van der Waals surface area contributed by atoms with Crippen molar-refractivity contribution >= 4 is 5.91 Å². The highest BCUT2D eigenvalue weighted by molar-refractivity contribution is 5.73. The zero-order valence-corrected chi connectivity index (χ0v) is 13.0. The van der Waals surface area contributed by atoms with E-state index in [1.807, 2.05) is 19.2 Å². The Hall–Kier alpha value is -1.46. The number of aryl methyl sites for hydroxylation is 1. The largest absolute Gasteiger partial charge is 0.377 e. The Morgan fingerprint density at radius 2 is 2.33 bits per heavy atom. The van der Waals surface area contributed by atoms with E-state index in [9.17, 15) is 4.79 Å². The number of aromatic nitrogens is 1. The SMILES string of the molecule is CO[C@@]1(CCC(N)=O)CCCN(Cc2ccc(C)nc2)C1. The topological polar surface area (TPSA) is 68.5 Å². The van der Waals surface area contributed by atoms with Crippen LogP contribution in [0, 0.1) is 6.92 Å². The van der Waals surface area contributed by atoms with Gasteiger partial charge in [-0.15, -0.1) is 0 Å². The molecule has 0 spiro atoms. The number of pyridine rings is 1. The standard InChI is InChI=1S/C16H25N3O2/c1-13-4-5-14(10-18-13)11-19-9-3-7-16(12-19,21-2)8-6-15(17)20/h4-5,10H,3,6-9,11-12H2,1-2H3,(H2,17,20)/t16-/m1/s1. The number of carbonyl (C=O) groups is 1. The third-order valence-electron chi connectivity index (χ3n) is 4.26. The lowest BCUT2D eigenvalue weighted by atomic mass is 9.87. The van der Waals surface area contributed by atoms with E-state index in [1.54, 1.807) is 7.11 Å². The molecule has 2 rings (SSSR count). The lowest BCUT2D eigenvalue weighted by molar-refractivity contribution is -0.121. The zero-order chi connectivity index (χ0) is 15.3. The number of primary amides is 1. The van der Waals surface area contributed by atoms with Crippen molar-refractivity contribution < 1.29 is 9.53 Å². The molecular weight excluding hydrogens is 266 g/mol. The number of hydrogen-bond donors (Lipinski definition) is 1. The van der Waals surface area contributed by atoms with Gasteiger partial charge in [0.2, 0.25) is 5.91 Å². The summed E-state index contributed by atoms with van der Waals surface area (Å²) in [5.74, 6) is -0.258. The second kappa shape index (κ2) is 7.00. The molecule has 1 aromatic heterocycles. The van der Waals surface area contributed by atoms with Crippen molar-refractivity contribution in [2.75, 3.05) is 20.2 Å². The molecule has 1 saturated heterocycles. The van der Waals surface area contributed by atoms with Crippen molar-refractivity contribution in [1.29, 1.82) is 0 Å². The molecule has 2 heterocycles. The summed E-state index contributed by atoms with van der Waals surface area (Å²) >= 11 is 0. The van der Waals surface area contributed by atoms with E-state index in [4.69, 9.17) is 10.5 Å². The van der Waals surface area contributed by atoms with Crippen LogP contribution < -0.4 is 5.73 Å². The molecule has 1 aliphatic rings. The molecule has 116 valence electrons. The van der Waals surface area contributed by atoms with Gasteiger partial charge >= 0.3 is 0 Å². The average Bonchev–Trinajstić information content (AvgIpc) is 2.48. The maximum Gasteiger partial charge on any atom is 0.217 e. The zero-order valence-electron chi connectivity index (χ0n) is 13.0. The molecule has 0 bridgehead atoms. The van der Waals surface area contributed by atoms with Crippen LogP contribution in [0.5, 0.6) is 0 Å². The second-order valence-electron chi connectivity index (χ2n) is 5.98. The Morgan fingerprint density at radius 3 is 2.95 bits per heavy atom. The van der Waals surface area contributed by atoms with Gasteiger partial charge in [0.1, 0.15) is 0 Å². The van der Waals surface area contributed by atoms with Gasteiger partial charge in [0.25, 0.3) is 0 Å². The predicted molar refractivity (Wildman–Crippen MR) is 81.7 cm³/mol. The smallest absolute Gasteiger partial charge is 0.217 e. The van der Waals surface area contributed by atoms with Crippen molar-refractivity contribution in [2.45, 2.75) is 44.8 Å². The van der Waals surface area contributed by atoms with E-state index in [0.717, 1.165) is 38.2 Å². The Morgan fingerprint density at radius 1 is 1.52 bits per heavy atom. The minimum atomic E-state index is -0.258. The molecule has 1 amide bonds. The Bertz CT molecular complexity index is 475. The molecule has 1 aliphatic heterocycles. The molecular formula is C16H25N3O2. The summed E-state index contributed by atoms with van der Waals surface area (Å²) in [6.07, 6.45) is 5.07. The van der Waals surface area contributed by atoms with Crippen LogP contribution in [0.25, 0.3) is 0 Å². The first-order valence-electron chi connectivity index (χ1n) is 7.50. The number of nitrogens with zero attached hydrogens (tertiary/aromatic N) is 2.